The minimum atomic E-state index is 0.138. The van der Waals surface area contributed by atoms with Crippen molar-refractivity contribution in [2.45, 2.75) is 72.8 Å². The average Bonchev–Trinajstić information content (AvgIpc) is 2.83. The van der Waals surface area contributed by atoms with Crippen LogP contribution < -0.4 is 10.6 Å². The van der Waals surface area contributed by atoms with Crippen LogP contribution in [-0.2, 0) is 4.79 Å². The topological polar surface area (TPSA) is 41.1 Å². The first-order chi connectivity index (χ1) is 9.29. The second-order valence-electron chi connectivity index (χ2n) is 7.85. The smallest absolute Gasteiger partial charge is 0.220 e. The van der Waals surface area contributed by atoms with Crippen LogP contribution in [0.3, 0.4) is 0 Å². The SMILES string of the molecule is CC(C)CCC(NC(=O)CCC1CCNC1)C(C)(C)C. The highest BCUT2D eigenvalue weighted by Gasteiger charge is 2.26. The van der Waals surface area contributed by atoms with E-state index in [1.54, 1.807) is 0 Å². The van der Waals surface area contributed by atoms with Crippen molar-refractivity contribution in [1.29, 1.82) is 0 Å². The van der Waals surface area contributed by atoms with Crippen LogP contribution in [0.15, 0.2) is 0 Å². The fraction of sp³-hybridized carbons (Fsp3) is 0.941. The first kappa shape index (κ1) is 17.5. The van der Waals surface area contributed by atoms with Gasteiger partial charge in [-0.1, -0.05) is 34.6 Å². The van der Waals surface area contributed by atoms with Crippen molar-refractivity contribution in [1.82, 2.24) is 10.6 Å². The largest absolute Gasteiger partial charge is 0.353 e. The van der Waals surface area contributed by atoms with Gasteiger partial charge in [0.2, 0.25) is 5.91 Å². The predicted molar refractivity (Wildman–Crippen MR) is 85.7 cm³/mol. The predicted octanol–water partition coefficient (Wildman–Crippen LogP) is 3.34. The van der Waals surface area contributed by atoms with E-state index >= 15 is 0 Å². The van der Waals surface area contributed by atoms with Gasteiger partial charge in [-0.2, -0.15) is 0 Å². The van der Waals surface area contributed by atoms with Crippen LogP contribution in [0.5, 0.6) is 0 Å². The zero-order valence-corrected chi connectivity index (χ0v) is 14.1. The molecule has 0 saturated carbocycles. The molecular formula is C17H34N2O. The highest BCUT2D eigenvalue weighted by atomic mass is 16.1. The molecule has 2 N–H and O–H groups in total. The van der Waals surface area contributed by atoms with Crippen molar-refractivity contribution in [3.63, 3.8) is 0 Å². The molecule has 1 heterocycles. The van der Waals surface area contributed by atoms with Crippen LogP contribution >= 0.6 is 0 Å². The van der Waals surface area contributed by atoms with Gasteiger partial charge in [0.15, 0.2) is 0 Å². The summed E-state index contributed by atoms with van der Waals surface area (Å²) in [6, 6.07) is 0.291. The second kappa shape index (κ2) is 8.02. The Morgan fingerprint density at radius 1 is 1.30 bits per heavy atom. The molecule has 1 aliphatic heterocycles. The van der Waals surface area contributed by atoms with Gasteiger partial charge in [-0.05, 0) is 56.0 Å². The van der Waals surface area contributed by atoms with Crippen molar-refractivity contribution in [2.75, 3.05) is 13.1 Å². The molecule has 1 amide bonds. The molecule has 1 rings (SSSR count). The van der Waals surface area contributed by atoms with E-state index in [9.17, 15) is 4.79 Å². The van der Waals surface area contributed by atoms with Crippen molar-refractivity contribution in [3.8, 4) is 0 Å². The maximum Gasteiger partial charge on any atom is 0.220 e. The van der Waals surface area contributed by atoms with Gasteiger partial charge in [-0.15, -0.1) is 0 Å². The van der Waals surface area contributed by atoms with Gasteiger partial charge in [0.05, 0.1) is 0 Å². The van der Waals surface area contributed by atoms with Gasteiger partial charge >= 0.3 is 0 Å². The third-order valence-corrected chi connectivity index (χ3v) is 4.36. The Hall–Kier alpha value is -0.570. The molecule has 1 aliphatic rings. The number of nitrogens with one attached hydrogen (secondary N) is 2. The van der Waals surface area contributed by atoms with Crippen molar-refractivity contribution in [2.24, 2.45) is 17.3 Å². The molecule has 0 radical (unpaired) electrons. The summed E-state index contributed by atoms with van der Waals surface area (Å²) in [6.45, 7) is 13.4. The molecule has 0 aliphatic carbocycles. The molecule has 20 heavy (non-hydrogen) atoms. The van der Waals surface area contributed by atoms with Gasteiger partial charge in [0.25, 0.3) is 0 Å². The van der Waals surface area contributed by atoms with Crippen LogP contribution in [0.2, 0.25) is 0 Å². The average molecular weight is 282 g/mol. The summed E-state index contributed by atoms with van der Waals surface area (Å²) >= 11 is 0. The zero-order valence-electron chi connectivity index (χ0n) is 14.1. The number of hydrogen-bond donors (Lipinski definition) is 2. The van der Waals surface area contributed by atoms with Crippen LogP contribution in [0.4, 0.5) is 0 Å². The minimum absolute atomic E-state index is 0.138. The molecule has 3 nitrogen and oxygen atoms in total. The molecule has 0 aromatic carbocycles. The molecule has 2 unspecified atom stereocenters. The number of hydrogen-bond acceptors (Lipinski definition) is 2. The van der Waals surface area contributed by atoms with E-state index in [0.717, 1.165) is 25.9 Å². The Balaban J connectivity index is 2.36. The molecular weight excluding hydrogens is 248 g/mol. The van der Waals surface area contributed by atoms with E-state index in [4.69, 9.17) is 0 Å². The number of rotatable bonds is 7. The Morgan fingerprint density at radius 3 is 2.50 bits per heavy atom. The molecule has 2 atom stereocenters. The minimum Gasteiger partial charge on any atom is -0.353 e. The quantitative estimate of drug-likeness (QED) is 0.752. The molecule has 0 spiro atoms. The molecule has 0 aromatic rings. The molecule has 1 saturated heterocycles. The fourth-order valence-corrected chi connectivity index (χ4v) is 2.78. The van der Waals surface area contributed by atoms with Crippen molar-refractivity contribution >= 4 is 5.91 Å². The van der Waals surface area contributed by atoms with Gasteiger partial charge < -0.3 is 10.6 Å². The fourth-order valence-electron chi connectivity index (χ4n) is 2.78. The summed E-state index contributed by atoms with van der Waals surface area (Å²) < 4.78 is 0. The van der Waals surface area contributed by atoms with Crippen LogP contribution in [-0.4, -0.2) is 25.0 Å². The van der Waals surface area contributed by atoms with E-state index in [-0.39, 0.29) is 11.3 Å². The van der Waals surface area contributed by atoms with Crippen molar-refractivity contribution < 1.29 is 4.79 Å². The number of carbonyl (C=O) groups is 1. The maximum atomic E-state index is 12.2. The van der Waals surface area contributed by atoms with E-state index < -0.39 is 0 Å². The number of carbonyl (C=O) groups excluding carboxylic acids is 1. The lowest BCUT2D eigenvalue weighted by Crippen LogP contribution is -2.43. The van der Waals surface area contributed by atoms with Gasteiger partial charge in [0, 0.05) is 12.5 Å². The molecule has 0 aromatic heterocycles. The second-order valence-corrected chi connectivity index (χ2v) is 7.85. The van der Waals surface area contributed by atoms with Crippen LogP contribution in [0.25, 0.3) is 0 Å². The van der Waals surface area contributed by atoms with Gasteiger partial charge in [-0.3, -0.25) is 4.79 Å². The van der Waals surface area contributed by atoms with Gasteiger partial charge in [0.1, 0.15) is 0 Å². The Kier molecular flexibility index (Phi) is 7.01. The summed E-state index contributed by atoms with van der Waals surface area (Å²) in [5, 5.41) is 6.64. The highest BCUT2D eigenvalue weighted by molar-refractivity contribution is 5.76. The maximum absolute atomic E-state index is 12.2. The van der Waals surface area contributed by atoms with E-state index in [1.165, 1.54) is 12.8 Å². The molecule has 1 fully saturated rings. The lowest BCUT2D eigenvalue weighted by atomic mass is 9.82. The summed E-state index contributed by atoms with van der Waals surface area (Å²) in [7, 11) is 0. The third kappa shape index (κ3) is 6.74. The van der Waals surface area contributed by atoms with Crippen molar-refractivity contribution in [3.05, 3.63) is 0 Å². The Bertz CT molecular complexity index is 288. The Morgan fingerprint density at radius 2 is 2.00 bits per heavy atom. The standard InChI is InChI=1S/C17H34N2O/c1-13(2)6-8-15(17(3,4)5)19-16(20)9-7-14-10-11-18-12-14/h13-15,18H,6-12H2,1-5H3,(H,19,20). The first-order valence-electron chi connectivity index (χ1n) is 8.29. The number of amides is 1. The normalized spacial score (nSPS) is 21.2. The van der Waals surface area contributed by atoms with E-state index in [1.807, 2.05) is 0 Å². The van der Waals surface area contributed by atoms with E-state index in [2.05, 4.69) is 45.3 Å². The lowest BCUT2D eigenvalue weighted by Gasteiger charge is -2.32. The Labute approximate surface area is 125 Å². The zero-order chi connectivity index (χ0) is 15.2. The third-order valence-electron chi connectivity index (χ3n) is 4.36. The summed E-state index contributed by atoms with van der Waals surface area (Å²) in [5.41, 5.74) is 0.138. The monoisotopic (exact) mass is 282 g/mol. The summed E-state index contributed by atoms with van der Waals surface area (Å²) in [6.07, 6.45) is 5.19. The highest BCUT2D eigenvalue weighted by Crippen LogP contribution is 2.25. The molecule has 118 valence electrons. The van der Waals surface area contributed by atoms with Crippen LogP contribution in [0.1, 0.15) is 66.7 Å². The van der Waals surface area contributed by atoms with Crippen LogP contribution in [0, 0.1) is 17.3 Å². The summed E-state index contributed by atoms with van der Waals surface area (Å²) in [4.78, 5) is 12.2. The first-order valence-corrected chi connectivity index (χ1v) is 8.29. The lowest BCUT2D eigenvalue weighted by molar-refractivity contribution is -0.122. The molecule has 3 heteroatoms. The summed E-state index contributed by atoms with van der Waals surface area (Å²) in [5.74, 6) is 1.63. The molecule has 0 bridgehead atoms. The van der Waals surface area contributed by atoms with E-state index in [0.29, 0.717) is 24.3 Å². The van der Waals surface area contributed by atoms with Gasteiger partial charge in [-0.25, -0.2) is 0 Å².